The lowest BCUT2D eigenvalue weighted by Gasteiger charge is -2.30. The fourth-order valence-corrected chi connectivity index (χ4v) is 5.25. The number of carbonyl (C=O) groups is 1. The van der Waals surface area contributed by atoms with E-state index in [1.165, 1.54) is 4.31 Å². The summed E-state index contributed by atoms with van der Waals surface area (Å²) in [5, 5.41) is 6.67. The molecule has 8 nitrogen and oxygen atoms in total. The second-order valence-electron chi connectivity index (χ2n) is 7.48. The van der Waals surface area contributed by atoms with E-state index in [2.05, 4.69) is 10.5 Å². The molecule has 1 aliphatic heterocycles. The summed E-state index contributed by atoms with van der Waals surface area (Å²) < 4.78 is 38.0. The number of rotatable bonds is 6. The fraction of sp³-hybridized carbons (Fsp3) is 0.500. The number of hydrogen-bond acceptors (Lipinski definition) is 6. The lowest BCUT2D eigenvalue weighted by molar-refractivity contribution is -0.120. The minimum Gasteiger partial charge on any atom is -0.489 e. The van der Waals surface area contributed by atoms with E-state index in [1.54, 1.807) is 19.9 Å². The maximum atomic E-state index is 12.9. The highest BCUT2D eigenvalue weighted by Gasteiger charge is 2.35. The number of nitrogens with one attached hydrogen (secondary N) is 1. The Hall–Kier alpha value is -2.39. The van der Waals surface area contributed by atoms with Crippen LogP contribution >= 0.6 is 0 Å². The van der Waals surface area contributed by atoms with Crippen molar-refractivity contribution in [3.8, 4) is 5.75 Å². The van der Waals surface area contributed by atoms with Crippen molar-refractivity contribution in [2.75, 3.05) is 18.4 Å². The zero-order valence-electron chi connectivity index (χ0n) is 17.1. The second-order valence-corrected chi connectivity index (χ2v) is 9.36. The molecule has 1 amide bonds. The van der Waals surface area contributed by atoms with Gasteiger partial charge in [-0.2, -0.15) is 4.31 Å². The number of carbonyl (C=O) groups excluding carboxylic acids is 1. The third kappa shape index (κ3) is 4.62. The molecule has 158 valence electrons. The molecule has 1 aromatic heterocycles. The Morgan fingerprint density at radius 3 is 2.48 bits per heavy atom. The van der Waals surface area contributed by atoms with E-state index in [-0.39, 0.29) is 41.7 Å². The first-order valence-electron chi connectivity index (χ1n) is 9.69. The van der Waals surface area contributed by atoms with Crippen molar-refractivity contribution < 1.29 is 22.5 Å². The predicted molar refractivity (Wildman–Crippen MR) is 108 cm³/mol. The molecule has 1 N–H and O–H groups in total. The van der Waals surface area contributed by atoms with Crippen LogP contribution < -0.4 is 10.1 Å². The highest BCUT2D eigenvalue weighted by molar-refractivity contribution is 7.89. The molecule has 9 heteroatoms. The van der Waals surface area contributed by atoms with E-state index in [1.807, 2.05) is 32.0 Å². The van der Waals surface area contributed by atoms with E-state index >= 15 is 0 Å². The Morgan fingerprint density at radius 1 is 1.24 bits per heavy atom. The molecule has 0 aliphatic carbocycles. The van der Waals surface area contributed by atoms with Crippen LogP contribution in [0.25, 0.3) is 0 Å². The normalized spacial score (nSPS) is 16.2. The van der Waals surface area contributed by atoms with E-state index in [0.29, 0.717) is 30.0 Å². The van der Waals surface area contributed by atoms with Crippen LogP contribution in [0.3, 0.4) is 0 Å². The quantitative estimate of drug-likeness (QED) is 0.769. The van der Waals surface area contributed by atoms with Crippen molar-refractivity contribution in [2.24, 2.45) is 5.92 Å². The van der Waals surface area contributed by atoms with Crippen molar-refractivity contribution in [2.45, 2.75) is 51.5 Å². The zero-order valence-corrected chi connectivity index (χ0v) is 18.0. The van der Waals surface area contributed by atoms with Crippen LogP contribution in [0.2, 0.25) is 0 Å². The third-order valence-electron chi connectivity index (χ3n) is 4.90. The van der Waals surface area contributed by atoms with Crippen molar-refractivity contribution in [1.29, 1.82) is 0 Å². The first-order chi connectivity index (χ1) is 13.7. The van der Waals surface area contributed by atoms with Gasteiger partial charge in [-0.05, 0) is 52.7 Å². The van der Waals surface area contributed by atoms with Gasteiger partial charge >= 0.3 is 0 Å². The lowest BCUT2D eigenvalue weighted by Crippen LogP contribution is -2.41. The van der Waals surface area contributed by atoms with Crippen LogP contribution in [-0.2, 0) is 14.8 Å². The monoisotopic (exact) mass is 421 g/mol. The molecule has 0 atom stereocenters. The van der Waals surface area contributed by atoms with Gasteiger partial charge in [0.1, 0.15) is 16.3 Å². The van der Waals surface area contributed by atoms with E-state index in [0.717, 1.165) is 0 Å². The highest BCUT2D eigenvalue weighted by Crippen LogP contribution is 2.30. The van der Waals surface area contributed by atoms with Gasteiger partial charge in [-0.25, -0.2) is 8.42 Å². The molecule has 3 rings (SSSR count). The van der Waals surface area contributed by atoms with Gasteiger partial charge in [0.25, 0.3) is 0 Å². The summed E-state index contributed by atoms with van der Waals surface area (Å²) in [4.78, 5) is 12.9. The number of anilines is 1. The summed E-state index contributed by atoms with van der Waals surface area (Å²) in [5.41, 5.74) is 0.973. The number of para-hydroxylation sites is 2. The first kappa shape index (κ1) is 21.3. The summed E-state index contributed by atoms with van der Waals surface area (Å²) in [6.07, 6.45) is 0.884. The van der Waals surface area contributed by atoms with Gasteiger partial charge < -0.3 is 14.6 Å². The minimum absolute atomic E-state index is 0.00850. The van der Waals surface area contributed by atoms with Crippen LogP contribution in [0.5, 0.6) is 5.75 Å². The maximum Gasteiger partial charge on any atom is 0.248 e. The molecule has 0 bridgehead atoms. The number of aromatic nitrogens is 1. The van der Waals surface area contributed by atoms with Crippen molar-refractivity contribution in [1.82, 2.24) is 9.46 Å². The molecule has 2 aromatic rings. The van der Waals surface area contributed by atoms with Gasteiger partial charge in [0.05, 0.1) is 11.8 Å². The number of aryl methyl sites for hydroxylation is 2. The van der Waals surface area contributed by atoms with E-state index in [9.17, 15) is 13.2 Å². The molecule has 0 spiro atoms. The number of piperidine rings is 1. The largest absolute Gasteiger partial charge is 0.489 e. The number of benzene rings is 1. The Morgan fingerprint density at radius 2 is 1.90 bits per heavy atom. The lowest BCUT2D eigenvalue weighted by atomic mass is 9.97. The standard InChI is InChI=1S/C20H27N3O5S/c1-13(2)27-18-8-6-5-7-17(18)21-20(24)16-9-11-23(12-10-16)29(25,26)19-14(3)22-28-15(19)4/h5-8,13,16H,9-12H2,1-4H3,(H,21,24). The van der Waals surface area contributed by atoms with Gasteiger partial charge in [0, 0.05) is 19.0 Å². The molecule has 1 saturated heterocycles. The molecular weight excluding hydrogens is 394 g/mol. The minimum atomic E-state index is -3.68. The van der Waals surface area contributed by atoms with Crippen LogP contribution in [0, 0.1) is 19.8 Å². The average molecular weight is 422 g/mol. The third-order valence-corrected chi connectivity index (χ3v) is 7.04. The van der Waals surface area contributed by atoms with Crippen molar-refractivity contribution in [3.05, 3.63) is 35.7 Å². The molecule has 1 aliphatic rings. The summed E-state index contributed by atoms with van der Waals surface area (Å²) in [5.74, 6) is 0.510. The fourth-order valence-electron chi connectivity index (χ4n) is 3.49. The van der Waals surface area contributed by atoms with Crippen molar-refractivity contribution >= 4 is 21.6 Å². The van der Waals surface area contributed by atoms with Gasteiger partial charge in [-0.15, -0.1) is 0 Å². The molecule has 0 unspecified atom stereocenters. The molecule has 0 saturated carbocycles. The van der Waals surface area contributed by atoms with Gasteiger partial charge in [-0.3, -0.25) is 4.79 Å². The van der Waals surface area contributed by atoms with Gasteiger partial charge in [-0.1, -0.05) is 17.3 Å². The van der Waals surface area contributed by atoms with Crippen LogP contribution in [-0.4, -0.2) is 43.0 Å². The molecule has 1 fully saturated rings. The Kier molecular flexibility index (Phi) is 6.28. The number of sulfonamides is 1. The summed E-state index contributed by atoms with van der Waals surface area (Å²) in [7, 11) is -3.68. The summed E-state index contributed by atoms with van der Waals surface area (Å²) in [6, 6.07) is 7.30. The molecule has 29 heavy (non-hydrogen) atoms. The van der Waals surface area contributed by atoms with Crippen molar-refractivity contribution in [3.63, 3.8) is 0 Å². The number of ether oxygens (including phenoxy) is 1. The highest BCUT2D eigenvalue weighted by atomic mass is 32.2. The Labute approximate surface area is 171 Å². The summed E-state index contributed by atoms with van der Waals surface area (Å²) >= 11 is 0. The second kappa shape index (κ2) is 8.54. The molecular formula is C20H27N3O5S. The smallest absolute Gasteiger partial charge is 0.248 e. The van der Waals surface area contributed by atoms with Gasteiger partial charge in [0.15, 0.2) is 5.76 Å². The SMILES string of the molecule is Cc1noc(C)c1S(=O)(=O)N1CCC(C(=O)Nc2ccccc2OC(C)C)CC1. The van der Waals surface area contributed by atoms with E-state index in [4.69, 9.17) is 9.26 Å². The molecule has 0 radical (unpaired) electrons. The van der Waals surface area contributed by atoms with E-state index < -0.39 is 10.0 Å². The average Bonchev–Trinajstić information content (AvgIpc) is 3.02. The first-order valence-corrected chi connectivity index (χ1v) is 11.1. The maximum absolute atomic E-state index is 12.9. The molecule has 1 aromatic carbocycles. The van der Waals surface area contributed by atoms with Crippen LogP contribution in [0.1, 0.15) is 38.1 Å². The Bertz CT molecular complexity index is 956. The topological polar surface area (TPSA) is 102 Å². The number of nitrogens with zero attached hydrogens (tertiary/aromatic N) is 2. The number of amides is 1. The van der Waals surface area contributed by atoms with Crippen LogP contribution in [0.4, 0.5) is 5.69 Å². The van der Waals surface area contributed by atoms with Crippen LogP contribution in [0.15, 0.2) is 33.7 Å². The Balaban J connectivity index is 1.65. The predicted octanol–water partition coefficient (Wildman–Crippen LogP) is 3.12. The zero-order chi connectivity index (χ0) is 21.2. The summed E-state index contributed by atoms with van der Waals surface area (Å²) in [6.45, 7) is 7.59. The molecule has 2 heterocycles. The number of hydrogen-bond donors (Lipinski definition) is 1. The van der Waals surface area contributed by atoms with Gasteiger partial charge in [0.2, 0.25) is 15.9 Å².